The molecule has 0 unspecified atom stereocenters. The number of benzene rings is 2. The number of hydrogen-bond acceptors (Lipinski definition) is 4. The Hall–Kier alpha value is -2.31. The van der Waals surface area contributed by atoms with Crippen molar-refractivity contribution in [2.75, 3.05) is 48.9 Å². The number of anilines is 3. The molecule has 2 N–H and O–H groups in total. The summed E-state index contributed by atoms with van der Waals surface area (Å²) in [7, 11) is 1.64. The summed E-state index contributed by atoms with van der Waals surface area (Å²) >= 11 is 5.37. The Labute approximate surface area is 147 Å². The smallest absolute Gasteiger partial charge is 0.175 e. The highest BCUT2D eigenvalue weighted by Crippen LogP contribution is 2.20. The van der Waals surface area contributed by atoms with Gasteiger partial charge < -0.3 is 25.0 Å². The SMILES string of the molecule is COc1cccc(NC(=S)Nc2ccc(N3CCOCC3)cc2)c1. The summed E-state index contributed by atoms with van der Waals surface area (Å²) in [5.41, 5.74) is 3.04. The van der Waals surface area contributed by atoms with Crippen molar-refractivity contribution in [3.05, 3.63) is 48.5 Å². The zero-order valence-corrected chi connectivity index (χ0v) is 14.4. The zero-order chi connectivity index (χ0) is 16.8. The van der Waals surface area contributed by atoms with Crippen molar-refractivity contribution < 1.29 is 9.47 Å². The van der Waals surface area contributed by atoms with Crippen LogP contribution in [0.15, 0.2) is 48.5 Å². The number of thiocarbonyl (C=S) groups is 1. The fraction of sp³-hybridized carbons (Fsp3) is 0.278. The summed E-state index contributed by atoms with van der Waals surface area (Å²) in [4.78, 5) is 2.32. The molecule has 2 aromatic carbocycles. The number of morpholine rings is 1. The van der Waals surface area contributed by atoms with Gasteiger partial charge in [0, 0.05) is 36.2 Å². The molecule has 126 valence electrons. The average molecular weight is 343 g/mol. The van der Waals surface area contributed by atoms with Crippen molar-refractivity contribution >= 4 is 34.4 Å². The first-order valence-corrected chi connectivity index (χ1v) is 8.30. The largest absolute Gasteiger partial charge is 0.497 e. The van der Waals surface area contributed by atoms with Gasteiger partial charge in [0.2, 0.25) is 0 Å². The minimum atomic E-state index is 0.544. The van der Waals surface area contributed by atoms with Crippen LogP contribution in [0.3, 0.4) is 0 Å². The Morgan fingerprint density at radius 3 is 2.46 bits per heavy atom. The zero-order valence-electron chi connectivity index (χ0n) is 13.6. The summed E-state index contributed by atoms with van der Waals surface area (Å²) in [6.45, 7) is 3.44. The molecule has 0 bridgehead atoms. The molecule has 0 aromatic heterocycles. The Morgan fingerprint density at radius 2 is 1.75 bits per heavy atom. The molecule has 3 rings (SSSR count). The molecule has 6 heteroatoms. The first kappa shape index (κ1) is 16.5. The highest BCUT2D eigenvalue weighted by Gasteiger charge is 2.10. The van der Waals surface area contributed by atoms with Crippen molar-refractivity contribution in [2.24, 2.45) is 0 Å². The number of nitrogens with one attached hydrogen (secondary N) is 2. The quantitative estimate of drug-likeness (QED) is 0.830. The van der Waals surface area contributed by atoms with E-state index < -0.39 is 0 Å². The van der Waals surface area contributed by atoms with Gasteiger partial charge in [-0.15, -0.1) is 0 Å². The second-order valence-corrected chi connectivity index (χ2v) is 5.87. The van der Waals surface area contributed by atoms with Crippen LogP contribution < -0.4 is 20.3 Å². The Bertz CT molecular complexity index is 685. The third kappa shape index (κ3) is 4.37. The number of ether oxygens (including phenoxy) is 2. The van der Waals surface area contributed by atoms with E-state index in [0.717, 1.165) is 43.4 Å². The topological polar surface area (TPSA) is 45.8 Å². The second kappa shape index (κ2) is 7.99. The third-order valence-corrected chi connectivity index (χ3v) is 4.03. The van der Waals surface area contributed by atoms with E-state index in [4.69, 9.17) is 21.7 Å². The van der Waals surface area contributed by atoms with Gasteiger partial charge in [-0.25, -0.2) is 0 Å². The van der Waals surface area contributed by atoms with Crippen LogP contribution >= 0.6 is 12.2 Å². The average Bonchev–Trinajstić information content (AvgIpc) is 2.63. The molecule has 0 atom stereocenters. The van der Waals surface area contributed by atoms with Crippen LogP contribution in [0.5, 0.6) is 5.75 Å². The van der Waals surface area contributed by atoms with Gasteiger partial charge in [0.1, 0.15) is 5.75 Å². The molecular formula is C18H21N3O2S. The highest BCUT2D eigenvalue weighted by atomic mass is 32.1. The maximum atomic E-state index is 5.38. The molecule has 1 saturated heterocycles. The van der Waals surface area contributed by atoms with E-state index in [9.17, 15) is 0 Å². The number of hydrogen-bond donors (Lipinski definition) is 2. The van der Waals surface area contributed by atoms with E-state index in [1.54, 1.807) is 7.11 Å². The van der Waals surface area contributed by atoms with Crippen molar-refractivity contribution in [3.63, 3.8) is 0 Å². The lowest BCUT2D eigenvalue weighted by Gasteiger charge is -2.29. The van der Waals surface area contributed by atoms with Crippen molar-refractivity contribution in [3.8, 4) is 5.75 Å². The van der Waals surface area contributed by atoms with Gasteiger partial charge in [0.15, 0.2) is 5.11 Å². The molecule has 0 aliphatic carbocycles. The fourth-order valence-corrected chi connectivity index (χ4v) is 2.81. The second-order valence-electron chi connectivity index (χ2n) is 5.46. The first-order chi connectivity index (χ1) is 11.7. The van der Waals surface area contributed by atoms with E-state index >= 15 is 0 Å². The van der Waals surface area contributed by atoms with Crippen molar-refractivity contribution in [1.29, 1.82) is 0 Å². The highest BCUT2D eigenvalue weighted by molar-refractivity contribution is 7.80. The summed E-state index contributed by atoms with van der Waals surface area (Å²) in [6.07, 6.45) is 0. The van der Waals surface area contributed by atoms with Gasteiger partial charge in [0.25, 0.3) is 0 Å². The van der Waals surface area contributed by atoms with Crippen LogP contribution in [0.1, 0.15) is 0 Å². The van der Waals surface area contributed by atoms with Crippen molar-refractivity contribution in [1.82, 2.24) is 0 Å². The molecular weight excluding hydrogens is 322 g/mol. The molecule has 0 radical (unpaired) electrons. The molecule has 0 spiro atoms. The molecule has 1 aliphatic heterocycles. The summed E-state index contributed by atoms with van der Waals surface area (Å²) in [5, 5.41) is 6.89. The van der Waals surface area contributed by atoms with Crippen LogP contribution in [0.25, 0.3) is 0 Å². The molecule has 0 saturated carbocycles. The van der Waals surface area contributed by atoms with Crippen LogP contribution in [0, 0.1) is 0 Å². The Balaban J connectivity index is 1.57. The Kier molecular flexibility index (Phi) is 5.51. The predicted molar refractivity (Wildman–Crippen MR) is 102 cm³/mol. The van der Waals surface area contributed by atoms with Crippen LogP contribution in [-0.2, 0) is 4.74 Å². The van der Waals surface area contributed by atoms with E-state index in [1.165, 1.54) is 5.69 Å². The molecule has 5 nitrogen and oxygen atoms in total. The molecule has 1 aliphatic rings. The molecule has 1 fully saturated rings. The van der Waals surface area contributed by atoms with E-state index in [0.29, 0.717) is 5.11 Å². The van der Waals surface area contributed by atoms with E-state index in [1.807, 2.05) is 36.4 Å². The standard InChI is InChI=1S/C18H21N3O2S/c1-22-17-4-2-3-15(13-17)20-18(24)19-14-5-7-16(8-6-14)21-9-11-23-12-10-21/h2-8,13H,9-12H2,1H3,(H2,19,20,24). The number of nitrogens with zero attached hydrogens (tertiary/aromatic N) is 1. The lowest BCUT2D eigenvalue weighted by Crippen LogP contribution is -2.36. The van der Waals surface area contributed by atoms with Crippen LogP contribution in [0.2, 0.25) is 0 Å². The van der Waals surface area contributed by atoms with Crippen LogP contribution in [-0.4, -0.2) is 38.5 Å². The predicted octanol–water partition coefficient (Wildman–Crippen LogP) is 3.34. The number of rotatable bonds is 4. The minimum Gasteiger partial charge on any atom is -0.497 e. The van der Waals surface area contributed by atoms with Gasteiger partial charge in [-0.05, 0) is 48.6 Å². The molecule has 1 heterocycles. The van der Waals surface area contributed by atoms with Gasteiger partial charge >= 0.3 is 0 Å². The first-order valence-electron chi connectivity index (χ1n) is 7.89. The minimum absolute atomic E-state index is 0.544. The lowest BCUT2D eigenvalue weighted by atomic mass is 10.2. The summed E-state index contributed by atoms with van der Waals surface area (Å²) in [5.74, 6) is 0.790. The van der Waals surface area contributed by atoms with E-state index in [-0.39, 0.29) is 0 Å². The maximum Gasteiger partial charge on any atom is 0.175 e. The van der Waals surface area contributed by atoms with Gasteiger partial charge in [-0.3, -0.25) is 0 Å². The van der Waals surface area contributed by atoms with Gasteiger partial charge in [-0.1, -0.05) is 6.07 Å². The Morgan fingerprint density at radius 1 is 1.04 bits per heavy atom. The normalized spacial score (nSPS) is 14.1. The summed E-state index contributed by atoms with van der Waals surface area (Å²) in [6, 6.07) is 15.9. The van der Waals surface area contributed by atoms with Crippen LogP contribution in [0.4, 0.5) is 17.1 Å². The van der Waals surface area contributed by atoms with Gasteiger partial charge in [-0.2, -0.15) is 0 Å². The lowest BCUT2D eigenvalue weighted by molar-refractivity contribution is 0.122. The third-order valence-electron chi connectivity index (χ3n) is 3.83. The molecule has 0 amide bonds. The summed E-state index contributed by atoms with van der Waals surface area (Å²) < 4.78 is 10.6. The monoisotopic (exact) mass is 343 g/mol. The maximum absolute atomic E-state index is 5.38. The fourth-order valence-electron chi connectivity index (χ4n) is 2.57. The molecule has 2 aromatic rings. The van der Waals surface area contributed by atoms with Crippen molar-refractivity contribution in [2.45, 2.75) is 0 Å². The van der Waals surface area contributed by atoms with Gasteiger partial charge in [0.05, 0.1) is 20.3 Å². The number of methoxy groups -OCH3 is 1. The molecule has 24 heavy (non-hydrogen) atoms. The van der Waals surface area contributed by atoms with E-state index in [2.05, 4.69) is 27.7 Å².